The van der Waals surface area contributed by atoms with Crippen molar-refractivity contribution in [3.8, 4) is 0 Å². The SMILES string of the molecule is Cc1nc(CNCCCN2CCOCC2)no1. The molecule has 6 nitrogen and oxygen atoms in total. The Morgan fingerprint density at radius 3 is 2.88 bits per heavy atom. The van der Waals surface area contributed by atoms with E-state index in [1.807, 2.05) is 0 Å². The molecule has 96 valence electrons. The molecule has 0 saturated carbocycles. The van der Waals surface area contributed by atoms with Gasteiger partial charge in [-0.15, -0.1) is 0 Å². The lowest BCUT2D eigenvalue weighted by Crippen LogP contribution is -2.37. The number of aromatic nitrogens is 2. The molecule has 1 fully saturated rings. The Morgan fingerprint density at radius 1 is 1.35 bits per heavy atom. The zero-order chi connectivity index (χ0) is 11.9. The Bertz CT molecular complexity index is 323. The molecule has 2 rings (SSSR count). The van der Waals surface area contributed by atoms with Crippen molar-refractivity contribution in [3.05, 3.63) is 11.7 Å². The second-order valence-electron chi connectivity index (χ2n) is 4.21. The van der Waals surface area contributed by atoms with E-state index in [1.54, 1.807) is 6.92 Å². The second kappa shape index (κ2) is 6.68. The highest BCUT2D eigenvalue weighted by Gasteiger charge is 2.09. The van der Waals surface area contributed by atoms with Crippen LogP contribution in [-0.2, 0) is 11.3 Å². The van der Waals surface area contributed by atoms with E-state index in [9.17, 15) is 0 Å². The summed E-state index contributed by atoms with van der Waals surface area (Å²) in [6.07, 6.45) is 1.14. The summed E-state index contributed by atoms with van der Waals surface area (Å²) >= 11 is 0. The average molecular weight is 240 g/mol. The average Bonchev–Trinajstić information content (AvgIpc) is 2.76. The van der Waals surface area contributed by atoms with Gasteiger partial charge in [0.2, 0.25) is 5.89 Å². The molecular weight excluding hydrogens is 220 g/mol. The second-order valence-corrected chi connectivity index (χ2v) is 4.21. The van der Waals surface area contributed by atoms with Crippen LogP contribution in [0, 0.1) is 6.92 Å². The summed E-state index contributed by atoms with van der Waals surface area (Å²) in [5.74, 6) is 1.35. The summed E-state index contributed by atoms with van der Waals surface area (Å²) in [5.41, 5.74) is 0. The number of ether oxygens (including phenoxy) is 1. The minimum atomic E-state index is 0.620. The molecule has 0 bridgehead atoms. The summed E-state index contributed by atoms with van der Waals surface area (Å²) in [6.45, 7) is 8.45. The van der Waals surface area contributed by atoms with E-state index in [2.05, 4.69) is 20.4 Å². The molecule has 1 saturated heterocycles. The smallest absolute Gasteiger partial charge is 0.223 e. The molecule has 1 aliphatic heterocycles. The molecule has 2 heterocycles. The molecule has 1 aliphatic rings. The van der Waals surface area contributed by atoms with Gasteiger partial charge in [0.15, 0.2) is 5.82 Å². The van der Waals surface area contributed by atoms with Crippen LogP contribution < -0.4 is 5.32 Å². The van der Waals surface area contributed by atoms with Crippen LogP contribution in [0.5, 0.6) is 0 Å². The third-order valence-corrected chi connectivity index (χ3v) is 2.78. The van der Waals surface area contributed by atoms with Crippen LogP contribution in [0.3, 0.4) is 0 Å². The Balaban J connectivity index is 1.51. The molecule has 0 radical (unpaired) electrons. The fourth-order valence-corrected chi connectivity index (χ4v) is 1.87. The van der Waals surface area contributed by atoms with Crippen LogP contribution in [0.25, 0.3) is 0 Å². The summed E-state index contributed by atoms with van der Waals surface area (Å²) < 4.78 is 10.2. The molecule has 0 unspecified atom stereocenters. The molecule has 0 aromatic carbocycles. The van der Waals surface area contributed by atoms with E-state index in [0.717, 1.165) is 51.6 Å². The molecule has 1 aromatic rings. The molecule has 0 atom stereocenters. The number of nitrogens with zero attached hydrogens (tertiary/aromatic N) is 3. The van der Waals surface area contributed by atoms with Gasteiger partial charge in [0.25, 0.3) is 0 Å². The first-order chi connectivity index (χ1) is 8.34. The zero-order valence-electron chi connectivity index (χ0n) is 10.3. The van der Waals surface area contributed by atoms with Crippen LogP contribution >= 0.6 is 0 Å². The van der Waals surface area contributed by atoms with E-state index < -0.39 is 0 Å². The topological polar surface area (TPSA) is 63.4 Å². The Morgan fingerprint density at radius 2 is 2.18 bits per heavy atom. The molecule has 17 heavy (non-hydrogen) atoms. The predicted octanol–water partition coefficient (Wildman–Crippen LogP) is 0.190. The van der Waals surface area contributed by atoms with Crippen LogP contribution in [-0.4, -0.2) is 54.4 Å². The van der Waals surface area contributed by atoms with E-state index in [4.69, 9.17) is 9.26 Å². The molecule has 1 aromatic heterocycles. The number of aryl methyl sites for hydroxylation is 1. The largest absolute Gasteiger partial charge is 0.379 e. The minimum Gasteiger partial charge on any atom is -0.379 e. The fourth-order valence-electron chi connectivity index (χ4n) is 1.87. The van der Waals surface area contributed by atoms with Gasteiger partial charge in [-0.3, -0.25) is 4.90 Å². The van der Waals surface area contributed by atoms with Gasteiger partial charge in [0.1, 0.15) is 0 Å². The van der Waals surface area contributed by atoms with Crippen molar-refractivity contribution >= 4 is 0 Å². The molecule has 0 spiro atoms. The highest BCUT2D eigenvalue weighted by atomic mass is 16.5. The first kappa shape index (κ1) is 12.5. The maximum absolute atomic E-state index is 5.30. The van der Waals surface area contributed by atoms with Crippen molar-refractivity contribution < 1.29 is 9.26 Å². The highest BCUT2D eigenvalue weighted by molar-refractivity contribution is 4.82. The van der Waals surface area contributed by atoms with Crippen molar-refractivity contribution in [1.82, 2.24) is 20.4 Å². The Kier molecular flexibility index (Phi) is 4.90. The summed E-state index contributed by atoms with van der Waals surface area (Å²) in [6, 6.07) is 0. The maximum Gasteiger partial charge on any atom is 0.223 e. The fraction of sp³-hybridized carbons (Fsp3) is 0.818. The lowest BCUT2D eigenvalue weighted by atomic mass is 10.3. The van der Waals surface area contributed by atoms with Crippen molar-refractivity contribution in [2.24, 2.45) is 0 Å². The number of hydrogen-bond acceptors (Lipinski definition) is 6. The van der Waals surface area contributed by atoms with E-state index in [-0.39, 0.29) is 0 Å². The van der Waals surface area contributed by atoms with Gasteiger partial charge in [0, 0.05) is 20.0 Å². The molecule has 0 amide bonds. The first-order valence-corrected chi connectivity index (χ1v) is 6.14. The van der Waals surface area contributed by atoms with Crippen molar-refractivity contribution in [1.29, 1.82) is 0 Å². The zero-order valence-corrected chi connectivity index (χ0v) is 10.3. The standard InChI is InChI=1S/C11H20N4O2/c1-10-13-11(14-17-10)9-12-3-2-4-15-5-7-16-8-6-15/h12H,2-9H2,1H3. The lowest BCUT2D eigenvalue weighted by Gasteiger charge is -2.26. The van der Waals surface area contributed by atoms with Crippen molar-refractivity contribution in [2.45, 2.75) is 19.9 Å². The van der Waals surface area contributed by atoms with Crippen LogP contribution in [0.1, 0.15) is 18.1 Å². The number of hydrogen-bond donors (Lipinski definition) is 1. The predicted molar refractivity (Wildman–Crippen MR) is 62.6 cm³/mol. The number of morpholine rings is 1. The van der Waals surface area contributed by atoms with Gasteiger partial charge in [-0.05, 0) is 19.5 Å². The highest BCUT2D eigenvalue weighted by Crippen LogP contribution is 1.98. The number of rotatable bonds is 6. The lowest BCUT2D eigenvalue weighted by molar-refractivity contribution is 0.0374. The van der Waals surface area contributed by atoms with Gasteiger partial charge >= 0.3 is 0 Å². The van der Waals surface area contributed by atoms with Gasteiger partial charge in [-0.1, -0.05) is 5.16 Å². The summed E-state index contributed by atoms with van der Waals surface area (Å²) in [5, 5.41) is 7.14. The van der Waals surface area contributed by atoms with Crippen molar-refractivity contribution in [2.75, 3.05) is 39.4 Å². The van der Waals surface area contributed by atoms with Crippen LogP contribution in [0.4, 0.5) is 0 Å². The van der Waals surface area contributed by atoms with Crippen LogP contribution in [0.2, 0.25) is 0 Å². The summed E-state index contributed by atoms with van der Waals surface area (Å²) in [7, 11) is 0. The molecule has 0 aliphatic carbocycles. The van der Waals surface area contributed by atoms with Gasteiger partial charge in [-0.2, -0.15) is 4.98 Å². The summed E-state index contributed by atoms with van der Waals surface area (Å²) in [4.78, 5) is 6.57. The van der Waals surface area contributed by atoms with Gasteiger partial charge < -0.3 is 14.6 Å². The van der Waals surface area contributed by atoms with E-state index >= 15 is 0 Å². The molecule has 1 N–H and O–H groups in total. The number of nitrogens with one attached hydrogen (secondary N) is 1. The Hall–Kier alpha value is -0.980. The van der Waals surface area contributed by atoms with Gasteiger partial charge in [0.05, 0.1) is 19.8 Å². The minimum absolute atomic E-state index is 0.620. The third kappa shape index (κ3) is 4.41. The molecular formula is C11H20N4O2. The normalized spacial score (nSPS) is 17.5. The third-order valence-electron chi connectivity index (χ3n) is 2.78. The van der Waals surface area contributed by atoms with Crippen LogP contribution in [0.15, 0.2) is 4.52 Å². The first-order valence-electron chi connectivity index (χ1n) is 6.14. The van der Waals surface area contributed by atoms with E-state index in [0.29, 0.717) is 12.4 Å². The maximum atomic E-state index is 5.30. The monoisotopic (exact) mass is 240 g/mol. The van der Waals surface area contributed by atoms with Crippen molar-refractivity contribution in [3.63, 3.8) is 0 Å². The quantitative estimate of drug-likeness (QED) is 0.716. The molecule has 6 heteroatoms. The Labute approximate surface area is 101 Å². The van der Waals surface area contributed by atoms with Gasteiger partial charge in [-0.25, -0.2) is 0 Å². The van der Waals surface area contributed by atoms with E-state index in [1.165, 1.54) is 0 Å².